The third-order valence-corrected chi connectivity index (χ3v) is 4.92. The second-order valence-electron chi connectivity index (χ2n) is 6.48. The van der Waals surface area contributed by atoms with E-state index in [1.54, 1.807) is 12.1 Å². The maximum Gasteiger partial charge on any atom is 0.417 e. The van der Waals surface area contributed by atoms with Crippen molar-refractivity contribution in [3.8, 4) is 11.5 Å². The Balaban J connectivity index is 1.71. The summed E-state index contributed by atoms with van der Waals surface area (Å²) in [5.41, 5.74) is 3.32. The van der Waals surface area contributed by atoms with E-state index in [1.807, 2.05) is 31.2 Å². The predicted molar refractivity (Wildman–Crippen MR) is 122 cm³/mol. The highest BCUT2D eigenvalue weighted by Gasteiger charge is 2.30. The molecule has 0 aliphatic heterocycles. The van der Waals surface area contributed by atoms with Gasteiger partial charge < -0.3 is 9.47 Å². The number of hydrazone groups is 1. The highest BCUT2D eigenvalue weighted by atomic mass is 79.9. The lowest BCUT2D eigenvalue weighted by atomic mass is 10.2. The molecule has 0 spiro atoms. The summed E-state index contributed by atoms with van der Waals surface area (Å²) in [5.74, 6) is 1.02. The lowest BCUT2D eigenvalue weighted by Crippen LogP contribution is -2.05. The molecule has 1 aromatic heterocycles. The van der Waals surface area contributed by atoms with Gasteiger partial charge in [0.2, 0.25) is 0 Å². The van der Waals surface area contributed by atoms with Gasteiger partial charge in [-0.15, -0.1) is 0 Å². The predicted octanol–water partition coefficient (Wildman–Crippen LogP) is 6.94. The highest BCUT2D eigenvalue weighted by Crippen LogP contribution is 2.37. The zero-order valence-electron chi connectivity index (χ0n) is 16.8. The molecule has 1 N–H and O–H groups in total. The molecule has 0 atom stereocenters. The van der Waals surface area contributed by atoms with Gasteiger partial charge in [-0.1, -0.05) is 39.7 Å². The fraction of sp³-hybridized carbons (Fsp3) is 0.182. The van der Waals surface area contributed by atoms with Gasteiger partial charge in [-0.2, -0.15) is 18.3 Å². The molecule has 0 aliphatic rings. The van der Waals surface area contributed by atoms with Gasteiger partial charge >= 0.3 is 6.18 Å². The first-order valence-corrected chi connectivity index (χ1v) is 10.6. The van der Waals surface area contributed by atoms with Gasteiger partial charge in [-0.05, 0) is 54.4 Å². The minimum atomic E-state index is -4.44. The summed E-state index contributed by atoms with van der Waals surface area (Å²) in [5, 5.41) is 4.33. The molecule has 0 fully saturated rings. The zero-order chi connectivity index (χ0) is 23.1. The lowest BCUT2D eigenvalue weighted by Gasteiger charge is -2.14. The number of halogens is 5. The van der Waals surface area contributed by atoms with Crippen LogP contribution in [0.15, 0.2) is 64.3 Å². The van der Waals surface area contributed by atoms with Crippen molar-refractivity contribution in [1.29, 1.82) is 0 Å². The highest BCUT2D eigenvalue weighted by molar-refractivity contribution is 9.10. The van der Waals surface area contributed by atoms with E-state index in [1.165, 1.54) is 12.3 Å². The van der Waals surface area contributed by atoms with Crippen molar-refractivity contribution in [2.24, 2.45) is 5.10 Å². The van der Waals surface area contributed by atoms with Crippen LogP contribution in [0.2, 0.25) is 5.02 Å². The van der Waals surface area contributed by atoms with Crippen molar-refractivity contribution in [3.05, 3.63) is 80.9 Å². The van der Waals surface area contributed by atoms with E-state index in [0.717, 1.165) is 22.3 Å². The fourth-order valence-corrected chi connectivity index (χ4v) is 3.14. The van der Waals surface area contributed by atoms with Gasteiger partial charge in [0.1, 0.15) is 12.4 Å². The maximum atomic E-state index is 12.6. The average Bonchev–Trinajstić information content (AvgIpc) is 2.74. The number of ether oxygens (including phenoxy) is 2. The van der Waals surface area contributed by atoms with Gasteiger partial charge in [-0.25, -0.2) is 4.98 Å². The van der Waals surface area contributed by atoms with Crippen LogP contribution in [0.3, 0.4) is 0 Å². The van der Waals surface area contributed by atoms with Crippen molar-refractivity contribution in [2.45, 2.75) is 19.7 Å². The van der Waals surface area contributed by atoms with Gasteiger partial charge in [0, 0.05) is 10.7 Å². The molecule has 0 radical (unpaired) electrons. The average molecular weight is 529 g/mol. The van der Waals surface area contributed by atoms with E-state index in [9.17, 15) is 13.2 Å². The summed E-state index contributed by atoms with van der Waals surface area (Å²) >= 11 is 9.80. The number of anilines is 1. The molecule has 2 aromatic carbocycles. The summed E-state index contributed by atoms with van der Waals surface area (Å²) < 4.78 is 50.3. The number of benzene rings is 2. The summed E-state index contributed by atoms with van der Waals surface area (Å²) in [6, 6.07) is 13.2. The quantitative estimate of drug-likeness (QED) is 0.254. The van der Waals surface area contributed by atoms with E-state index < -0.39 is 11.7 Å². The molecular weight excluding hydrogens is 511 g/mol. The van der Waals surface area contributed by atoms with Crippen LogP contribution in [0.5, 0.6) is 11.5 Å². The van der Waals surface area contributed by atoms with E-state index in [0.29, 0.717) is 35.3 Å². The van der Waals surface area contributed by atoms with Crippen molar-refractivity contribution >= 4 is 39.6 Å². The largest absolute Gasteiger partial charge is 0.490 e. The first-order valence-electron chi connectivity index (χ1n) is 9.42. The number of rotatable bonds is 8. The van der Waals surface area contributed by atoms with E-state index >= 15 is 0 Å². The number of hydrogen-bond donors (Lipinski definition) is 1. The Morgan fingerprint density at radius 3 is 2.50 bits per heavy atom. The summed E-state index contributed by atoms with van der Waals surface area (Å²) in [6.45, 7) is 2.55. The monoisotopic (exact) mass is 527 g/mol. The van der Waals surface area contributed by atoms with Gasteiger partial charge in [0.15, 0.2) is 11.5 Å². The standard InChI is InChI=1S/C22H18BrClF3N3O2/c1-2-31-19-10-15(11-29-30-20-8-5-16(12-28-20)22(25,26)27)9-18(24)21(19)32-13-14-3-6-17(23)7-4-14/h3-12H,2,13H2,1H3,(H,28,30)/b29-11-. The van der Waals surface area contributed by atoms with E-state index in [4.69, 9.17) is 21.1 Å². The van der Waals surface area contributed by atoms with Crippen molar-refractivity contribution < 1.29 is 22.6 Å². The number of nitrogens with one attached hydrogen (secondary N) is 1. The van der Waals surface area contributed by atoms with Crippen LogP contribution in [0, 0.1) is 0 Å². The van der Waals surface area contributed by atoms with Crippen LogP contribution in [0.1, 0.15) is 23.6 Å². The SMILES string of the molecule is CCOc1cc(/C=N\Nc2ccc(C(F)(F)F)cn2)cc(Cl)c1OCc1ccc(Br)cc1. The number of aromatic nitrogens is 1. The molecule has 10 heteroatoms. The Labute approximate surface area is 196 Å². The van der Waals surface area contributed by atoms with Crippen molar-refractivity contribution in [3.63, 3.8) is 0 Å². The third-order valence-electron chi connectivity index (χ3n) is 4.11. The molecule has 3 aromatic rings. The first kappa shape index (κ1) is 23.9. The van der Waals surface area contributed by atoms with Crippen LogP contribution in [0.4, 0.5) is 19.0 Å². The lowest BCUT2D eigenvalue weighted by molar-refractivity contribution is -0.137. The van der Waals surface area contributed by atoms with Crippen LogP contribution in [-0.4, -0.2) is 17.8 Å². The third kappa shape index (κ3) is 6.61. The van der Waals surface area contributed by atoms with E-state index in [2.05, 4.69) is 31.4 Å². The minimum absolute atomic E-state index is 0.167. The Morgan fingerprint density at radius 1 is 1.12 bits per heavy atom. The van der Waals surface area contributed by atoms with E-state index in [-0.39, 0.29) is 5.82 Å². The molecule has 0 bridgehead atoms. The van der Waals surface area contributed by atoms with Crippen LogP contribution in [0.25, 0.3) is 0 Å². The van der Waals surface area contributed by atoms with Gasteiger partial charge in [-0.3, -0.25) is 5.43 Å². The maximum absolute atomic E-state index is 12.6. The normalized spacial score (nSPS) is 11.6. The molecule has 3 rings (SSSR count). The van der Waals surface area contributed by atoms with Gasteiger partial charge in [0.25, 0.3) is 0 Å². The molecule has 5 nitrogen and oxygen atoms in total. The number of hydrogen-bond acceptors (Lipinski definition) is 5. The Morgan fingerprint density at radius 2 is 1.88 bits per heavy atom. The van der Waals surface area contributed by atoms with Crippen LogP contribution < -0.4 is 14.9 Å². The number of alkyl halides is 3. The molecule has 32 heavy (non-hydrogen) atoms. The molecule has 0 saturated heterocycles. The molecule has 168 valence electrons. The second kappa shape index (κ2) is 10.7. The van der Waals surface area contributed by atoms with Crippen molar-refractivity contribution in [2.75, 3.05) is 12.0 Å². The minimum Gasteiger partial charge on any atom is -0.490 e. The molecule has 0 saturated carbocycles. The zero-order valence-corrected chi connectivity index (χ0v) is 19.1. The first-order chi connectivity index (χ1) is 15.3. The Bertz CT molecular complexity index is 1080. The Kier molecular flexibility index (Phi) is 7.98. The molecule has 0 amide bonds. The summed E-state index contributed by atoms with van der Waals surface area (Å²) in [4.78, 5) is 3.69. The Hall–Kier alpha value is -2.78. The second-order valence-corrected chi connectivity index (χ2v) is 7.80. The summed E-state index contributed by atoms with van der Waals surface area (Å²) in [7, 11) is 0. The molecule has 1 heterocycles. The van der Waals surface area contributed by atoms with Crippen LogP contribution in [-0.2, 0) is 12.8 Å². The smallest absolute Gasteiger partial charge is 0.417 e. The molecule has 0 aliphatic carbocycles. The van der Waals surface area contributed by atoms with Crippen molar-refractivity contribution in [1.82, 2.24) is 4.98 Å². The number of pyridine rings is 1. The molecule has 0 unspecified atom stereocenters. The van der Waals surface area contributed by atoms with Crippen LogP contribution >= 0.6 is 27.5 Å². The van der Waals surface area contributed by atoms with Gasteiger partial charge in [0.05, 0.1) is 23.4 Å². The number of nitrogens with zero attached hydrogens (tertiary/aromatic N) is 2. The molecular formula is C22H18BrClF3N3O2. The summed E-state index contributed by atoms with van der Waals surface area (Å²) in [6.07, 6.45) is -2.26. The topological polar surface area (TPSA) is 55.7 Å². The fourth-order valence-electron chi connectivity index (χ4n) is 2.60.